The number of pyridine rings is 1. The SMILES string of the molecule is Cc1ccc(C)c2[nH]c(=O)c(CN(CCN3CCOCC3)C(=S)NCC(C)C)cc12. The molecule has 7 heteroatoms. The van der Waals surface area contributed by atoms with Gasteiger partial charge in [0.15, 0.2) is 5.11 Å². The van der Waals surface area contributed by atoms with Crippen molar-refractivity contribution >= 4 is 28.2 Å². The van der Waals surface area contributed by atoms with E-state index < -0.39 is 0 Å². The molecule has 1 aromatic heterocycles. The van der Waals surface area contributed by atoms with E-state index in [2.05, 4.69) is 46.9 Å². The summed E-state index contributed by atoms with van der Waals surface area (Å²) in [5, 5.41) is 5.17. The Kier molecular flexibility index (Phi) is 7.86. The Hall–Kier alpha value is -1.96. The zero-order chi connectivity index (χ0) is 21.7. The number of thiocarbonyl (C=S) groups is 1. The molecule has 0 aliphatic carbocycles. The molecule has 30 heavy (non-hydrogen) atoms. The van der Waals surface area contributed by atoms with Crippen molar-refractivity contribution in [3.63, 3.8) is 0 Å². The molecule has 164 valence electrons. The summed E-state index contributed by atoms with van der Waals surface area (Å²) in [6.45, 7) is 14.8. The first-order valence-electron chi connectivity index (χ1n) is 10.8. The average molecular weight is 431 g/mol. The average Bonchev–Trinajstić information content (AvgIpc) is 2.73. The Balaban J connectivity index is 1.81. The van der Waals surface area contributed by atoms with Crippen LogP contribution in [0.15, 0.2) is 23.0 Å². The summed E-state index contributed by atoms with van der Waals surface area (Å²) in [6, 6.07) is 6.18. The van der Waals surface area contributed by atoms with Gasteiger partial charge >= 0.3 is 0 Å². The fourth-order valence-electron chi connectivity index (χ4n) is 3.68. The maximum absolute atomic E-state index is 12.9. The van der Waals surface area contributed by atoms with Crippen LogP contribution in [0.5, 0.6) is 0 Å². The summed E-state index contributed by atoms with van der Waals surface area (Å²) >= 11 is 5.70. The number of aromatic nitrogens is 1. The molecule has 0 atom stereocenters. The minimum atomic E-state index is -0.0424. The van der Waals surface area contributed by atoms with Gasteiger partial charge in [0.05, 0.1) is 25.3 Å². The number of nitrogens with zero attached hydrogens (tertiary/aromatic N) is 2. The molecule has 6 nitrogen and oxygen atoms in total. The van der Waals surface area contributed by atoms with Crippen LogP contribution in [0.4, 0.5) is 0 Å². The second kappa shape index (κ2) is 10.4. The molecule has 1 aliphatic heterocycles. The maximum atomic E-state index is 12.9. The minimum Gasteiger partial charge on any atom is -0.379 e. The lowest BCUT2D eigenvalue weighted by Crippen LogP contribution is -2.46. The molecule has 2 heterocycles. The highest BCUT2D eigenvalue weighted by atomic mass is 32.1. The van der Waals surface area contributed by atoms with Crippen LogP contribution < -0.4 is 10.9 Å². The van der Waals surface area contributed by atoms with Crippen LogP contribution in [0.1, 0.15) is 30.5 Å². The van der Waals surface area contributed by atoms with Crippen molar-refractivity contribution in [2.45, 2.75) is 34.2 Å². The normalized spacial score (nSPS) is 15.0. The summed E-state index contributed by atoms with van der Waals surface area (Å²) in [4.78, 5) is 20.5. The monoisotopic (exact) mass is 430 g/mol. The third kappa shape index (κ3) is 5.80. The third-order valence-corrected chi connectivity index (χ3v) is 6.02. The molecule has 0 unspecified atom stereocenters. The van der Waals surface area contributed by atoms with Crippen molar-refractivity contribution in [3.8, 4) is 0 Å². The van der Waals surface area contributed by atoms with Crippen molar-refractivity contribution in [3.05, 3.63) is 45.2 Å². The number of nitrogens with one attached hydrogen (secondary N) is 2. The largest absolute Gasteiger partial charge is 0.379 e. The molecule has 2 N–H and O–H groups in total. The van der Waals surface area contributed by atoms with E-state index in [1.165, 1.54) is 0 Å². The Labute approximate surface area is 184 Å². The van der Waals surface area contributed by atoms with Gasteiger partial charge < -0.3 is 19.9 Å². The number of H-pyrrole nitrogens is 1. The molecule has 0 radical (unpaired) electrons. The van der Waals surface area contributed by atoms with Crippen LogP contribution in [0.3, 0.4) is 0 Å². The smallest absolute Gasteiger partial charge is 0.253 e. The van der Waals surface area contributed by atoms with E-state index in [-0.39, 0.29) is 5.56 Å². The highest BCUT2D eigenvalue weighted by Crippen LogP contribution is 2.20. The Morgan fingerprint density at radius 1 is 1.27 bits per heavy atom. The number of hydrogen-bond acceptors (Lipinski definition) is 4. The molecular weight excluding hydrogens is 396 g/mol. The summed E-state index contributed by atoms with van der Waals surface area (Å²) in [7, 11) is 0. The standard InChI is InChI=1S/C23H34N4O2S/c1-16(2)14-24-23(30)27(8-7-26-9-11-29-12-10-26)15-19-13-20-17(3)5-6-18(4)21(20)25-22(19)28/h5-6,13,16H,7-12,14-15H2,1-4H3,(H,24,30)(H,25,28). The first-order valence-corrected chi connectivity index (χ1v) is 11.2. The molecular formula is C23H34N4O2S. The van der Waals surface area contributed by atoms with Crippen LogP contribution in [0.2, 0.25) is 0 Å². The van der Waals surface area contributed by atoms with Gasteiger partial charge in [-0.3, -0.25) is 9.69 Å². The van der Waals surface area contributed by atoms with Crippen molar-refractivity contribution in [1.82, 2.24) is 20.1 Å². The van der Waals surface area contributed by atoms with Crippen LogP contribution >= 0.6 is 12.2 Å². The predicted molar refractivity (Wildman–Crippen MR) is 127 cm³/mol. The molecule has 0 saturated carbocycles. The zero-order valence-corrected chi connectivity index (χ0v) is 19.4. The van der Waals surface area contributed by atoms with Gasteiger partial charge in [-0.2, -0.15) is 0 Å². The first-order chi connectivity index (χ1) is 14.3. The van der Waals surface area contributed by atoms with E-state index in [1.807, 2.05) is 19.1 Å². The van der Waals surface area contributed by atoms with Crippen molar-refractivity contribution in [2.75, 3.05) is 45.9 Å². The number of hydrogen-bond donors (Lipinski definition) is 2. The Bertz CT molecular complexity index is 935. The van der Waals surface area contributed by atoms with Crippen LogP contribution in [-0.4, -0.2) is 65.8 Å². The number of aromatic amines is 1. The van der Waals surface area contributed by atoms with Gasteiger partial charge in [0.25, 0.3) is 5.56 Å². The van der Waals surface area contributed by atoms with Crippen LogP contribution in [0.25, 0.3) is 10.9 Å². The fraction of sp³-hybridized carbons (Fsp3) is 0.565. The number of fused-ring (bicyclic) bond motifs is 1. The van der Waals surface area contributed by atoms with Crippen molar-refractivity contribution in [1.29, 1.82) is 0 Å². The topological polar surface area (TPSA) is 60.6 Å². The summed E-state index contributed by atoms with van der Waals surface area (Å²) in [5.74, 6) is 0.499. The zero-order valence-electron chi connectivity index (χ0n) is 18.6. The van der Waals surface area contributed by atoms with Gasteiger partial charge in [0, 0.05) is 43.7 Å². The molecule has 0 amide bonds. The van der Waals surface area contributed by atoms with Crippen LogP contribution in [0, 0.1) is 19.8 Å². The van der Waals surface area contributed by atoms with E-state index in [4.69, 9.17) is 17.0 Å². The van der Waals surface area contributed by atoms with E-state index in [9.17, 15) is 4.79 Å². The van der Waals surface area contributed by atoms with Crippen LogP contribution in [-0.2, 0) is 11.3 Å². The molecule has 1 fully saturated rings. The van der Waals surface area contributed by atoms with Gasteiger partial charge in [-0.15, -0.1) is 0 Å². The molecule has 0 spiro atoms. The fourth-order valence-corrected chi connectivity index (χ4v) is 3.92. The van der Waals surface area contributed by atoms with E-state index in [1.54, 1.807) is 0 Å². The second-order valence-electron chi connectivity index (χ2n) is 8.57. The summed E-state index contributed by atoms with van der Waals surface area (Å²) in [6.07, 6.45) is 0. The van der Waals surface area contributed by atoms with Gasteiger partial charge in [-0.05, 0) is 49.2 Å². The van der Waals surface area contributed by atoms with Gasteiger partial charge in [-0.25, -0.2) is 0 Å². The van der Waals surface area contributed by atoms with E-state index in [0.29, 0.717) is 17.6 Å². The van der Waals surface area contributed by atoms with Gasteiger partial charge in [0.2, 0.25) is 0 Å². The summed E-state index contributed by atoms with van der Waals surface area (Å²) < 4.78 is 5.45. The van der Waals surface area contributed by atoms with Crippen molar-refractivity contribution < 1.29 is 4.74 Å². The maximum Gasteiger partial charge on any atom is 0.253 e. The molecule has 2 aromatic rings. The number of benzene rings is 1. The van der Waals surface area contributed by atoms with Crippen molar-refractivity contribution in [2.24, 2.45) is 5.92 Å². The second-order valence-corrected chi connectivity index (χ2v) is 8.95. The Morgan fingerprint density at radius 3 is 2.67 bits per heavy atom. The first kappa shape index (κ1) is 22.7. The van der Waals surface area contributed by atoms with Gasteiger partial charge in [-0.1, -0.05) is 26.0 Å². The summed E-state index contributed by atoms with van der Waals surface area (Å²) in [5.41, 5.74) is 3.86. The number of rotatable bonds is 7. The van der Waals surface area contributed by atoms with E-state index in [0.717, 1.165) is 73.5 Å². The highest BCUT2D eigenvalue weighted by Gasteiger charge is 2.17. The molecule has 1 aliphatic rings. The van der Waals surface area contributed by atoms with Gasteiger partial charge in [0.1, 0.15) is 0 Å². The quantitative estimate of drug-likeness (QED) is 0.659. The lowest BCUT2D eigenvalue weighted by Gasteiger charge is -2.31. The minimum absolute atomic E-state index is 0.0424. The predicted octanol–water partition coefficient (Wildman–Crippen LogP) is 2.81. The highest BCUT2D eigenvalue weighted by molar-refractivity contribution is 7.80. The molecule has 0 bridgehead atoms. The Morgan fingerprint density at radius 2 is 1.97 bits per heavy atom. The molecule has 3 rings (SSSR count). The molecule has 1 aromatic carbocycles. The molecule has 1 saturated heterocycles. The third-order valence-electron chi connectivity index (χ3n) is 5.62. The number of morpholine rings is 1. The number of aryl methyl sites for hydroxylation is 2. The number of ether oxygens (including phenoxy) is 1. The van der Waals surface area contributed by atoms with E-state index >= 15 is 0 Å². The lowest BCUT2D eigenvalue weighted by molar-refractivity contribution is 0.0357. The lowest BCUT2D eigenvalue weighted by atomic mass is 10.0.